The summed E-state index contributed by atoms with van der Waals surface area (Å²) in [6, 6.07) is 6.22. The van der Waals surface area contributed by atoms with Crippen molar-refractivity contribution < 1.29 is 8.42 Å². The summed E-state index contributed by atoms with van der Waals surface area (Å²) in [7, 11) is -3.21. The van der Waals surface area contributed by atoms with Crippen LogP contribution in [0.3, 0.4) is 0 Å². The van der Waals surface area contributed by atoms with Gasteiger partial charge in [-0.3, -0.25) is 4.31 Å². The highest BCUT2D eigenvalue weighted by Gasteiger charge is 2.52. The number of benzene rings is 1. The molecule has 0 radical (unpaired) electrons. The van der Waals surface area contributed by atoms with Gasteiger partial charge in [-0.2, -0.15) is 0 Å². The lowest BCUT2D eigenvalue weighted by molar-refractivity contribution is 0.265. The SMILES string of the molecule is CC(C)c1cccc2c1N(S(C)(=O)=O)C1(CCC1)C2. The van der Waals surface area contributed by atoms with Crippen molar-refractivity contribution in [2.75, 3.05) is 10.6 Å². The third-order valence-corrected chi connectivity index (χ3v) is 5.78. The molecule has 104 valence electrons. The normalized spacial score (nSPS) is 20.7. The zero-order chi connectivity index (χ0) is 13.8. The van der Waals surface area contributed by atoms with Gasteiger partial charge in [-0.05, 0) is 42.7 Å². The number of fused-ring (bicyclic) bond motifs is 1. The van der Waals surface area contributed by atoms with Crippen molar-refractivity contribution >= 4 is 15.7 Å². The van der Waals surface area contributed by atoms with Crippen LogP contribution in [0.1, 0.15) is 50.2 Å². The van der Waals surface area contributed by atoms with E-state index in [2.05, 4.69) is 32.0 Å². The standard InChI is InChI=1S/C15H21NO2S/c1-11(2)13-7-4-6-12-10-15(8-5-9-15)16(14(12)13)19(3,17)18/h4,6-7,11H,5,8-10H2,1-3H3. The first-order chi connectivity index (χ1) is 8.85. The van der Waals surface area contributed by atoms with Crippen LogP contribution in [0.5, 0.6) is 0 Å². The summed E-state index contributed by atoms with van der Waals surface area (Å²) in [5, 5.41) is 0. The minimum absolute atomic E-state index is 0.152. The minimum Gasteiger partial charge on any atom is -0.263 e. The molecule has 19 heavy (non-hydrogen) atoms. The van der Waals surface area contributed by atoms with E-state index in [1.54, 1.807) is 4.31 Å². The molecule has 1 aliphatic carbocycles. The van der Waals surface area contributed by atoms with Gasteiger partial charge in [-0.15, -0.1) is 0 Å². The maximum absolute atomic E-state index is 12.3. The molecule has 1 fully saturated rings. The quantitative estimate of drug-likeness (QED) is 0.834. The van der Waals surface area contributed by atoms with E-state index < -0.39 is 10.0 Å². The summed E-state index contributed by atoms with van der Waals surface area (Å²) >= 11 is 0. The van der Waals surface area contributed by atoms with E-state index in [4.69, 9.17) is 0 Å². The van der Waals surface area contributed by atoms with E-state index in [9.17, 15) is 8.42 Å². The maximum atomic E-state index is 12.3. The second kappa shape index (κ2) is 3.98. The molecule has 1 aromatic rings. The second-order valence-corrected chi connectivity index (χ2v) is 8.12. The first-order valence-corrected chi connectivity index (χ1v) is 8.82. The first-order valence-electron chi connectivity index (χ1n) is 6.97. The highest BCUT2D eigenvalue weighted by atomic mass is 32.2. The Morgan fingerprint density at radius 3 is 2.42 bits per heavy atom. The fourth-order valence-corrected chi connectivity index (χ4v) is 5.12. The third kappa shape index (κ3) is 1.80. The molecule has 3 nitrogen and oxygen atoms in total. The fourth-order valence-electron chi connectivity index (χ4n) is 3.61. The maximum Gasteiger partial charge on any atom is 0.232 e. The van der Waals surface area contributed by atoms with Gasteiger partial charge in [0.25, 0.3) is 0 Å². The highest BCUT2D eigenvalue weighted by molar-refractivity contribution is 7.92. The summed E-state index contributed by atoms with van der Waals surface area (Å²) in [5.41, 5.74) is 3.18. The number of anilines is 1. The molecule has 1 aliphatic heterocycles. The predicted molar refractivity (Wildman–Crippen MR) is 78.1 cm³/mol. The van der Waals surface area contributed by atoms with Crippen molar-refractivity contribution in [2.24, 2.45) is 0 Å². The molecule has 0 saturated heterocycles. The van der Waals surface area contributed by atoms with Crippen LogP contribution in [0, 0.1) is 0 Å². The summed E-state index contributed by atoms with van der Waals surface area (Å²) in [6.07, 6.45) is 5.35. The Morgan fingerprint density at radius 1 is 1.26 bits per heavy atom. The van der Waals surface area contributed by atoms with Crippen molar-refractivity contribution in [3.05, 3.63) is 29.3 Å². The molecule has 1 spiro atoms. The van der Waals surface area contributed by atoms with Crippen molar-refractivity contribution in [3.8, 4) is 0 Å². The Labute approximate surface area is 115 Å². The Morgan fingerprint density at radius 2 is 1.95 bits per heavy atom. The lowest BCUT2D eigenvalue weighted by atomic mass is 9.75. The zero-order valence-corrected chi connectivity index (χ0v) is 12.6. The molecule has 0 atom stereocenters. The minimum atomic E-state index is -3.21. The van der Waals surface area contributed by atoms with Crippen LogP contribution >= 0.6 is 0 Å². The third-order valence-electron chi connectivity index (χ3n) is 4.54. The monoisotopic (exact) mass is 279 g/mol. The summed E-state index contributed by atoms with van der Waals surface area (Å²) < 4.78 is 26.4. The van der Waals surface area contributed by atoms with Crippen LogP contribution in [-0.4, -0.2) is 20.2 Å². The van der Waals surface area contributed by atoms with Crippen LogP contribution in [0.25, 0.3) is 0 Å². The van der Waals surface area contributed by atoms with E-state index in [-0.39, 0.29) is 5.54 Å². The largest absolute Gasteiger partial charge is 0.263 e. The van der Waals surface area contributed by atoms with E-state index in [1.165, 1.54) is 11.8 Å². The van der Waals surface area contributed by atoms with Gasteiger partial charge in [0.2, 0.25) is 10.0 Å². The zero-order valence-electron chi connectivity index (χ0n) is 11.8. The van der Waals surface area contributed by atoms with Crippen LogP contribution in [-0.2, 0) is 16.4 Å². The lowest BCUT2D eigenvalue weighted by Crippen LogP contribution is -2.54. The molecule has 0 aromatic heterocycles. The number of hydrogen-bond acceptors (Lipinski definition) is 2. The molecule has 1 aromatic carbocycles. The molecule has 1 saturated carbocycles. The average molecular weight is 279 g/mol. The summed E-state index contributed by atoms with van der Waals surface area (Å²) in [4.78, 5) is 0. The van der Waals surface area contributed by atoms with E-state index in [0.717, 1.165) is 36.9 Å². The Bertz CT molecular complexity index is 615. The predicted octanol–water partition coefficient (Wildman–Crippen LogP) is 3.05. The van der Waals surface area contributed by atoms with E-state index in [1.807, 2.05) is 0 Å². The molecule has 2 aliphatic rings. The van der Waals surface area contributed by atoms with Crippen molar-refractivity contribution in [1.29, 1.82) is 0 Å². The molecule has 3 rings (SSSR count). The number of hydrogen-bond donors (Lipinski definition) is 0. The molecule has 0 amide bonds. The summed E-state index contributed by atoms with van der Waals surface area (Å²) in [5.74, 6) is 0.342. The Kier molecular flexibility index (Phi) is 2.72. The highest BCUT2D eigenvalue weighted by Crippen LogP contribution is 2.52. The van der Waals surface area contributed by atoms with E-state index in [0.29, 0.717) is 5.92 Å². The van der Waals surface area contributed by atoms with Gasteiger partial charge >= 0.3 is 0 Å². The van der Waals surface area contributed by atoms with Crippen molar-refractivity contribution in [1.82, 2.24) is 0 Å². The van der Waals surface area contributed by atoms with E-state index >= 15 is 0 Å². The van der Waals surface area contributed by atoms with Gasteiger partial charge < -0.3 is 0 Å². The van der Waals surface area contributed by atoms with Crippen LogP contribution in [0.15, 0.2) is 18.2 Å². The molecular weight excluding hydrogens is 258 g/mol. The molecule has 4 heteroatoms. The second-order valence-electron chi connectivity index (χ2n) is 6.29. The van der Waals surface area contributed by atoms with Gasteiger partial charge in [0.15, 0.2) is 0 Å². The average Bonchev–Trinajstić information content (AvgIpc) is 2.62. The first kappa shape index (κ1) is 13.0. The van der Waals surface area contributed by atoms with Crippen LogP contribution in [0.2, 0.25) is 0 Å². The number of nitrogens with zero attached hydrogens (tertiary/aromatic N) is 1. The lowest BCUT2D eigenvalue weighted by Gasteiger charge is -2.46. The number of sulfonamides is 1. The van der Waals surface area contributed by atoms with Crippen LogP contribution in [0.4, 0.5) is 5.69 Å². The van der Waals surface area contributed by atoms with Gasteiger partial charge in [0.05, 0.1) is 17.5 Å². The van der Waals surface area contributed by atoms with Gasteiger partial charge in [0.1, 0.15) is 0 Å². The number of para-hydroxylation sites is 1. The number of rotatable bonds is 2. The smallest absolute Gasteiger partial charge is 0.232 e. The Balaban J connectivity index is 2.23. The molecular formula is C15H21NO2S. The van der Waals surface area contributed by atoms with Crippen molar-refractivity contribution in [3.63, 3.8) is 0 Å². The molecule has 0 N–H and O–H groups in total. The van der Waals surface area contributed by atoms with Crippen LogP contribution < -0.4 is 4.31 Å². The topological polar surface area (TPSA) is 37.4 Å². The molecule has 0 bridgehead atoms. The fraction of sp³-hybridized carbons (Fsp3) is 0.600. The Hall–Kier alpha value is -1.03. The van der Waals surface area contributed by atoms with Gasteiger partial charge in [-0.25, -0.2) is 8.42 Å². The molecule has 0 unspecified atom stereocenters. The summed E-state index contributed by atoms with van der Waals surface area (Å²) in [6.45, 7) is 4.25. The van der Waals surface area contributed by atoms with Gasteiger partial charge in [-0.1, -0.05) is 32.0 Å². The van der Waals surface area contributed by atoms with Crippen molar-refractivity contribution in [2.45, 2.75) is 51.0 Å². The van der Waals surface area contributed by atoms with Gasteiger partial charge in [0, 0.05) is 0 Å². The molecule has 1 heterocycles.